The minimum atomic E-state index is -0.767. The molecule has 160 valence electrons. The van der Waals surface area contributed by atoms with Gasteiger partial charge in [0.25, 0.3) is 0 Å². The van der Waals surface area contributed by atoms with Gasteiger partial charge in [-0.15, -0.1) is 0 Å². The minimum Gasteiger partial charge on any atom is -0.384 e. The number of carbonyl (C=O) groups is 2. The molecule has 2 aromatic rings. The number of hydrogen-bond acceptors (Lipinski definition) is 4. The van der Waals surface area contributed by atoms with E-state index in [9.17, 15) is 18.4 Å². The summed E-state index contributed by atoms with van der Waals surface area (Å²) in [5.41, 5.74) is 6.75. The molecule has 31 heavy (non-hydrogen) atoms. The van der Waals surface area contributed by atoms with Crippen LogP contribution in [0, 0.1) is 28.9 Å². The first-order valence-corrected chi connectivity index (χ1v) is 10.4. The van der Waals surface area contributed by atoms with Gasteiger partial charge in [0.1, 0.15) is 17.5 Å². The zero-order valence-corrected chi connectivity index (χ0v) is 16.7. The van der Waals surface area contributed by atoms with Crippen LogP contribution in [0.25, 0.3) is 0 Å². The van der Waals surface area contributed by atoms with Crippen LogP contribution in [0.15, 0.2) is 42.5 Å². The number of fused-ring (bicyclic) bond motifs is 3. The molecular weight excluding hydrogens is 402 g/mol. The highest BCUT2D eigenvalue weighted by atomic mass is 19.1. The van der Waals surface area contributed by atoms with Crippen molar-refractivity contribution >= 4 is 17.6 Å². The Balaban J connectivity index is 1.50. The maximum atomic E-state index is 14.2. The molecule has 4 atom stereocenters. The van der Waals surface area contributed by atoms with Crippen molar-refractivity contribution < 1.29 is 18.4 Å². The Morgan fingerprint density at radius 1 is 1.03 bits per heavy atom. The molecule has 2 aromatic carbocycles. The number of nitrogen functional groups attached to an aromatic ring is 1. The summed E-state index contributed by atoms with van der Waals surface area (Å²) in [6.07, 6.45) is 1.74. The largest absolute Gasteiger partial charge is 0.384 e. The lowest BCUT2D eigenvalue weighted by atomic mass is 9.85. The molecule has 8 heteroatoms. The fourth-order valence-electron chi connectivity index (χ4n) is 5.52. The monoisotopic (exact) mass is 424 g/mol. The Hall–Kier alpha value is -3.13. The molecule has 6 nitrogen and oxygen atoms in total. The number of amides is 2. The van der Waals surface area contributed by atoms with Crippen LogP contribution in [0.4, 0.5) is 8.78 Å². The molecule has 0 aromatic heterocycles. The molecule has 3 N–H and O–H groups in total. The van der Waals surface area contributed by atoms with Crippen LogP contribution < -0.4 is 5.73 Å². The Morgan fingerprint density at radius 2 is 1.68 bits per heavy atom. The van der Waals surface area contributed by atoms with E-state index in [1.165, 1.54) is 6.07 Å². The van der Waals surface area contributed by atoms with E-state index in [4.69, 9.17) is 11.1 Å². The molecule has 3 fully saturated rings. The van der Waals surface area contributed by atoms with Gasteiger partial charge in [-0.2, -0.15) is 0 Å². The molecule has 0 saturated carbocycles. The number of benzene rings is 2. The van der Waals surface area contributed by atoms with E-state index in [1.54, 1.807) is 12.1 Å². The SMILES string of the molecule is N=C(N)c1ccc([C@H]2[C@H]3C(=O)N(Cc4c(F)cccc4F)C(=O)[C@H]3C3CCCN32)cc1. The molecule has 0 bridgehead atoms. The highest BCUT2D eigenvalue weighted by Gasteiger charge is 2.62. The summed E-state index contributed by atoms with van der Waals surface area (Å²) < 4.78 is 28.4. The number of likely N-dealkylation sites (tertiary alicyclic amines) is 1. The fourth-order valence-corrected chi connectivity index (χ4v) is 5.52. The Labute approximate surface area is 178 Å². The molecule has 2 amide bonds. The topological polar surface area (TPSA) is 90.5 Å². The van der Waals surface area contributed by atoms with Gasteiger partial charge < -0.3 is 5.73 Å². The lowest BCUT2D eigenvalue weighted by Gasteiger charge is -2.29. The van der Waals surface area contributed by atoms with Crippen LogP contribution in [-0.4, -0.2) is 40.0 Å². The average Bonchev–Trinajstić information content (AvgIpc) is 3.38. The molecule has 0 aliphatic carbocycles. The summed E-state index contributed by atoms with van der Waals surface area (Å²) >= 11 is 0. The summed E-state index contributed by atoms with van der Waals surface area (Å²) in [7, 11) is 0. The van der Waals surface area contributed by atoms with Gasteiger partial charge in [-0.3, -0.25) is 24.8 Å². The molecule has 3 saturated heterocycles. The van der Waals surface area contributed by atoms with Crippen LogP contribution >= 0.6 is 0 Å². The normalized spacial score (nSPS) is 27.6. The maximum absolute atomic E-state index is 14.2. The minimum absolute atomic E-state index is 0.0416. The summed E-state index contributed by atoms with van der Waals surface area (Å²) in [6.45, 7) is 0.394. The van der Waals surface area contributed by atoms with E-state index in [-0.39, 0.29) is 35.3 Å². The highest BCUT2D eigenvalue weighted by Crippen LogP contribution is 2.53. The Bertz CT molecular complexity index is 1070. The molecule has 0 spiro atoms. The molecule has 0 radical (unpaired) electrons. The van der Waals surface area contributed by atoms with E-state index < -0.39 is 30.0 Å². The third-order valence-corrected chi connectivity index (χ3v) is 6.88. The number of hydrogen-bond donors (Lipinski definition) is 2. The smallest absolute Gasteiger partial charge is 0.235 e. The van der Waals surface area contributed by atoms with E-state index in [0.717, 1.165) is 42.0 Å². The Kier molecular flexibility index (Phi) is 4.62. The number of nitrogens with zero attached hydrogens (tertiary/aromatic N) is 2. The number of carbonyl (C=O) groups excluding carboxylic acids is 2. The second kappa shape index (κ2) is 7.23. The number of nitrogens with one attached hydrogen (secondary N) is 1. The van der Waals surface area contributed by atoms with E-state index in [1.807, 2.05) is 12.1 Å². The quantitative estimate of drug-likeness (QED) is 0.448. The standard InChI is InChI=1S/C23H22F2N4O2/c24-15-3-1-4-16(25)14(15)11-29-22(30)18-17-5-2-10-28(17)20(19(18)23(29)31)12-6-8-13(9-7-12)21(26)27/h1,3-4,6-9,17-20H,2,5,10-11H2,(H3,26,27)/t17?,18-,19-,20-/m0/s1. The summed E-state index contributed by atoms with van der Waals surface area (Å²) in [4.78, 5) is 29.9. The van der Waals surface area contributed by atoms with Crippen molar-refractivity contribution in [1.29, 1.82) is 5.41 Å². The summed E-state index contributed by atoms with van der Waals surface area (Å²) in [5, 5.41) is 7.58. The first-order chi connectivity index (χ1) is 14.9. The average molecular weight is 424 g/mol. The predicted octanol–water partition coefficient (Wildman–Crippen LogP) is 2.57. The van der Waals surface area contributed by atoms with Gasteiger partial charge in [-0.1, -0.05) is 30.3 Å². The van der Waals surface area contributed by atoms with Gasteiger partial charge >= 0.3 is 0 Å². The second-order valence-corrected chi connectivity index (χ2v) is 8.44. The molecule has 3 aliphatic rings. The van der Waals surface area contributed by atoms with Gasteiger partial charge in [-0.05, 0) is 37.1 Å². The summed E-state index contributed by atoms with van der Waals surface area (Å²) in [5.74, 6) is -3.41. The Morgan fingerprint density at radius 3 is 2.32 bits per heavy atom. The van der Waals surface area contributed by atoms with Crippen LogP contribution in [0.3, 0.4) is 0 Å². The predicted molar refractivity (Wildman–Crippen MR) is 109 cm³/mol. The van der Waals surface area contributed by atoms with Crippen LogP contribution in [0.1, 0.15) is 35.6 Å². The van der Waals surface area contributed by atoms with Gasteiger partial charge in [0.05, 0.1) is 18.4 Å². The van der Waals surface area contributed by atoms with Crippen molar-refractivity contribution in [3.63, 3.8) is 0 Å². The van der Waals surface area contributed by atoms with Gasteiger partial charge in [0.2, 0.25) is 11.8 Å². The van der Waals surface area contributed by atoms with Crippen LogP contribution in [0.5, 0.6) is 0 Å². The van der Waals surface area contributed by atoms with E-state index >= 15 is 0 Å². The molecule has 5 rings (SSSR count). The zero-order chi connectivity index (χ0) is 21.9. The van der Waals surface area contributed by atoms with Gasteiger partial charge in [0, 0.05) is 23.2 Å². The van der Waals surface area contributed by atoms with Crippen molar-refractivity contribution in [3.05, 3.63) is 70.8 Å². The van der Waals surface area contributed by atoms with Gasteiger partial charge in [0.15, 0.2) is 0 Å². The number of amidine groups is 1. The number of rotatable bonds is 4. The number of halogens is 2. The van der Waals surface area contributed by atoms with Crippen molar-refractivity contribution in [2.24, 2.45) is 17.6 Å². The van der Waals surface area contributed by atoms with Crippen molar-refractivity contribution in [1.82, 2.24) is 9.80 Å². The molecule has 3 aliphatic heterocycles. The zero-order valence-electron chi connectivity index (χ0n) is 16.7. The summed E-state index contributed by atoms with van der Waals surface area (Å²) in [6, 6.07) is 10.3. The number of nitrogens with two attached hydrogens (primary N) is 1. The van der Waals surface area contributed by atoms with Crippen molar-refractivity contribution in [2.45, 2.75) is 31.5 Å². The third-order valence-electron chi connectivity index (χ3n) is 6.88. The highest BCUT2D eigenvalue weighted by molar-refractivity contribution is 6.06. The molecular formula is C23H22F2N4O2. The second-order valence-electron chi connectivity index (χ2n) is 8.44. The third kappa shape index (κ3) is 2.96. The first-order valence-electron chi connectivity index (χ1n) is 10.4. The van der Waals surface area contributed by atoms with E-state index in [0.29, 0.717) is 5.56 Å². The molecule has 3 heterocycles. The van der Waals surface area contributed by atoms with E-state index in [2.05, 4.69) is 4.90 Å². The van der Waals surface area contributed by atoms with Crippen LogP contribution in [0.2, 0.25) is 0 Å². The molecule has 1 unspecified atom stereocenters. The van der Waals surface area contributed by atoms with Crippen molar-refractivity contribution in [3.8, 4) is 0 Å². The lowest BCUT2D eigenvalue weighted by Crippen LogP contribution is -2.39. The lowest BCUT2D eigenvalue weighted by molar-refractivity contribution is -0.142. The van der Waals surface area contributed by atoms with Crippen LogP contribution in [-0.2, 0) is 16.1 Å². The fraction of sp³-hybridized carbons (Fsp3) is 0.348. The first kappa shape index (κ1) is 19.8. The number of imide groups is 1. The maximum Gasteiger partial charge on any atom is 0.235 e. The van der Waals surface area contributed by atoms with Gasteiger partial charge in [-0.25, -0.2) is 8.78 Å². The van der Waals surface area contributed by atoms with Crippen molar-refractivity contribution in [2.75, 3.05) is 6.54 Å².